The number of aromatic nitrogens is 4. The number of fused-ring (bicyclic) bond motifs is 8. The number of imidazole rings is 1. The summed E-state index contributed by atoms with van der Waals surface area (Å²) in [5.74, 6) is 0.828. The molecule has 10 aromatic rings. The van der Waals surface area contributed by atoms with Crippen LogP contribution in [0.2, 0.25) is 0 Å². The molecule has 0 fully saturated rings. The predicted molar refractivity (Wildman–Crippen MR) is 286 cm³/mol. The molecule has 0 radical (unpaired) electrons. The third-order valence-electron chi connectivity index (χ3n) is 13.5. The molecule has 3 heterocycles. The fourth-order valence-electron chi connectivity index (χ4n) is 10.3. The molecule has 0 aliphatic heterocycles. The molecule has 6 nitrogen and oxygen atoms in total. The van der Waals surface area contributed by atoms with E-state index in [0.717, 1.165) is 104 Å². The average Bonchev–Trinajstić information content (AvgIpc) is 3.95. The van der Waals surface area contributed by atoms with Crippen molar-refractivity contribution >= 4 is 78.4 Å². The first-order valence-corrected chi connectivity index (χ1v) is 23.8. The van der Waals surface area contributed by atoms with E-state index in [2.05, 4.69) is 251 Å². The summed E-state index contributed by atoms with van der Waals surface area (Å²) in [6.45, 7) is 4.16. The molecular formula is C62H50N6. The predicted octanol–water partition coefficient (Wildman–Crippen LogP) is 16.4. The Bertz CT molecular complexity index is 3680. The molecule has 0 saturated carbocycles. The molecule has 2 aliphatic rings. The monoisotopic (exact) mass is 878 g/mol. The number of anilines is 5. The average molecular weight is 879 g/mol. The van der Waals surface area contributed by atoms with Crippen LogP contribution in [0.15, 0.2) is 218 Å². The molecule has 0 saturated heterocycles. The molecule has 2 aliphatic carbocycles. The highest BCUT2D eigenvalue weighted by atomic mass is 15.2. The van der Waals surface area contributed by atoms with Gasteiger partial charge in [-0.25, -0.2) is 9.97 Å². The highest BCUT2D eigenvalue weighted by molar-refractivity contribution is 6.11. The van der Waals surface area contributed by atoms with Gasteiger partial charge in [-0.05, 0) is 147 Å². The summed E-state index contributed by atoms with van der Waals surface area (Å²) in [6, 6.07) is 61.6. The van der Waals surface area contributed by atoms with Crippen molar-refractivity contribution in [2.45, 2.75) is 39.5 Å². The number of hydrogen-bond donors (Lipinski definition) is 0. The maximum absolute atomic E-state index is 5.63. The summed E-state index contributed by atoms with van der Waals surface area (Å²) in [5, 5.41) is 3.35. The van der Waals surface area contributed by atoms with Gasteiger partial charge in [-0.1, -0.05) is 134 Å². The van der Waals surface area contributed by atoms with Gasteiger partial charge in [0.05, 0.1) is 27.9 Å². The summed E-state index contributed by atoms with van der Waals surface area (Å²) in [6.07, 6.45) is 21.3. The first-order valence-electron chi connectivity index (χ1n) is 23.8. The minimum absolute atomic E-state index is 0.828. The van der Waals surface area contributed by atoms with Crippen LogP contribution in [0.4, 0.5) is 28.4 Å². The second-order valence-corrected chi connectivity index (χ2v) is 17.5. The van der Waals surface area contributed by atoms with Crippen LogP contribution in [0, 0.1) is 0 Å². The van der Waals surface area contributed by atoms with Crippen molar-refractivity contribution in [2.75, 3.05) is 9.80 Å². The van der Waals surface area contributed by atoms with Gasteiger partial charge in [0.25, 0.3) is 0 Å². The number of hydrogen-bond acceptors (Lipinski definition) is 4. The molecule has 0 amide bonds. The van der Waals surface area contributed by atoms with Crippen molar-refractivity contribution in [3.05, 3.63) is 235 Å². The van der Waals surface area contributed by atoms with Crippen LogP contribution < -0.4 is 9.80 Å². The smallest absolute Gasteiger partial charge is 0.221 e. The minimum atomic E-state index is 0.828. The molecule has 6 heteroatoms. The van der Waals surface area contributed by atoms with Gasteiger partial charge in [-0.15, -0.1) is 0 Å². The lowest BCUT2D eigenvalue weighted by atomic mass is 10.0. The van der Waals surface area contributed by atoms with Crippen molar-refractivity contribution in [1.29, 1.82) is 0 Å². The van der Waals surface area contributed by atoms with E-state index in [-0.39, 0.29) is 0 Å². The maximum atomic E-state index is 5.63. The van der Waals surface area contributed by atoms with Crippen LogP contribution in [0.1, 0.15) is 50.1 Å². The van der Waals surface area contributed by atoms with E-state index >= 15 is 0 Å². The first-order chi connectivity index (χ1) is 33.6. The topological polar surface area (TPSA) is 41.6 Å². The number of aryl methyl sites for hydroxylation is 1. The van der Waals surface area contributed by atoms with Gasteiger partial charge in [0, 0.05) is 50.3 Å². The Morgan fingerprint density at radius 3 is 1.88 bits per heavy atom. The molecule has 12 rings (SSSR count). The number of allylic oxidation sites excluding steroid dienone is 9. The summed E-state index contributed by atoms with van der Waals surface area (Å²) < 4.78 is 4.75. The van der Waals surface area contributed by atoms with Gasteiger partial charge in [-0.2, -0.15) is 0 Å². The van der Waals surface area contributed by atoms with Gasteiger partial charge in [-0.3, -0.25) is 8.97 Å². The van der Waals surface area contributed by atoms with Crippen LogP contribution in [-0.4, -0.2) is 18.9 Å². The number of rotatable bonds is 10. The summed E-state index contributed by atoms with van der Waals surface area (Å²) in [4.78, 5) is 15.8. The van der Waals surface area contributed by atoms with Gasteiger partial charge < -0.3 is 9.80 Å². The van der Waals surface area contributed by atoms with Crippen LogP contribution in [-0.2, 0) is 6.42 Å². The Kier molecular flexibility index (Phi) is 10.5. The van der Waals surface area contributed by atoms with Crippen molar-refractivity contribution < 1.29 is 0 Å². The maximum Gasteiger partial charge on any atom is 0.221 e. The summed E-state index contributed by atoms with van der Waals surface area (Å²) in [7, 11) is 0. The van der Waals surface area contributed by atoms with Crippen LogP contribution in [0.25, 0.3) is 67.1 Å². The highest BCUT2D eigenvalue weighted by Crippen LogP contribution is 2.43. The quantitative estimate of drug-likeness (QED) is 0.128. The minimum Gasteiger partial charge on any atom is -0.314 e. The third kappa shape index (κ3) is 7.13. The van der Waals surface area contributed by atoms with Gasteiger partial charge in [0.2, 0.25) is 5.95 Å². The fourth-order valence-corrected chi connectivity index (χ4v) is 10.3. The standard InChI is InChI=1S/C62H50N6/c1-3-18-43(4-2)45-29-33-49(34-30-45)65(47-21-10-6-11-22-47)51-37-39-53-54-40-38-52(66(48-23-12-7-13-24-48)50-35-31-46(32-36-50)44-19-8-5-9-20-44)42-60(54)67(59(53)41-51)62-64-56-26-15-14-25-55(56)61-63-57-27-16-17-28-58(57)68(61)62/h3-12,14-16,18-23,25-27,29-42H,13,17,24,28H2,1-2H3/b18-3-,43-4+. The van der Waals surface area contributed by atoms with Crippen molar-refractivity contribution in [3.63, 3.8) is 0 Å². The number of benzene rings is 7. The lowest BCUT2D eigenvalue weighted by molar-refractivity contribution is 0.864. The van der Waals surface area contributed by atoms with Crippen LogP contribution in [0.5, 0.6) is 0 Å². The largest absolute Gasteiger partial charge is 0.314 e. The molecule has 0 N–H and O–H groups in total. The van der Waals surface area contributed by atoms with Gasteiger partial charge >= 0.3 is 0 Å². The Morgan fingerprint density at radius 1 is 0.559 bits per heavy atom. The van der Waals surface area contributed by atoms with Gasteiger partial charge in [0.1, 0.15) is 5.65 Å². The Balaban J connectivity index is 1.12. The van der Waals surface area contributed by atoms with Gasteiger partial charge in [0.15, 0.2) is 0 Å². The summed E-state index contributed by atoms with van der Waals surface area (Å²) >= 11 is 0. The fraction of sp³-hybridized carbons (Fsp3) is 0.0968. The van der Waals surface area contributed by atoms with E-state index in [1.807, 2.05) is 0 Å². The van der Waals surface area contributed by atoms with E-state index in [4.69, 9.17) is 9.97 Å². The van der Waals surface area contributed by atoms with Crippen molar-refractivity contribution in [3.8, 4) is 17.1 Å². The van der Waals surface area contributed by atoms with E-state index in [1.54, 1.807) is 0 Å². The molecule has 328 valence electrons. The molecule has 68 heavy (non-hydrogen) atoms. The zero-order valence-electron chi connectivity index (χ0n) is 38.3. The molecule has 7 aromatic carbocycles. The second-order valence-electron chi connectivity index (χ2n) is 17.5. The highest BCUT2D eigenvalue weighted by Gasteiger charge is 2.26. The van der Waals surface area contributed by atoms with E-state index in [9.17, 15) is 0 Å². The molecule has 3 aromatic heterocycles. The molecule has 0 atom stereocenters. The van der Waals surface area contributed by atoms with Crippen LogP contribution >= 0.6 is 0 Å². The van der Waals surface area contributed by atoms with E-state index < -0.39 is 0 Å². The molecular weight excluding hydrogens is 829 g/mol. The molecule has 0 bridgehead atoms. The molecule has 0 unspecified atom stereocenters. The Labute approximate surface area is 397 Å². The zero-order valence-corrected chi connectivity index (χ0v) is 38.3. The number of para-hydroxylation sites is 2. The molecule has 0 spiro atoms. The summed E-state index contributed by atoms with van der Waals surface area (Å²) in [5.41, 5.74) is 17.6. The van der Waals surface area contributed by atoms with E-state index in [0.29, 0.717) is 0 Å². The number of nitrogens with zero attached hydrogens (tertiary/aromatic N) is 6. The SMILES string of the molecule is C/C=C\C(=C/C)c1ccc(N(c2ccccc2)c2ccc3c4ccc(N(C5=CC=CCC5)c5ccc(-c6ccccc6)cc5)cc4n(-c4nc5ccccc5c5nc6c(n45)CCC=C6)c3c2)cc1. The normalized spacial score (nSPS) is 13.8. The lowest BCUT2D eigenvalue weighted by Gasteiger charge is -2.29. The third-order valence-corrected chi connectivity index (χ3v) is 13.5. The second kappa shape index (κ2) is 17.4. The zero-order chi connectivity index (χ0) is 45.6. The first kappa shape index (κ1) is 41.0. The Hall–Kier alpha value is -8.48. The van der Waals surface area contributed by atoms with E-state index in [1.165, 1.54) is 33.7 Å². The van der Waals surface area contributed by atoms with Crippen molar-refractivity contribution in [2.24, 2.45) is 0 Å². The van der Waals surface area contributed by atoms with Crippen molar-refractivity contribution in [1.82, 2.24) is 18.9 Å². The lowest BCUT2D eigenvalue weighted by Crippen LogP contribution is -2.17. The Morgan fingerprint density at radius 2 is 1.18 bits per heavy atom. The van der Waals surface area contributed by atoms with Crippen LogP contribution in [0.3, 0.4) is 0 Å².